The molecule has 0 atom stereocenters. The molecule has 0 unspecified atom stereocenters. The Labute approximate surface area is 147 Å². The minimum Gasteiger partial charge on any atom is -0.324 e. The van der Waals surface area contributed by atoms with Crippen LogP contribution in [-0.4, -0.2) is 15.5 Å². The van der Waals surface area contributed by atoms with E-state index in [4.69, 9.17) is 0 Å². The Balaban J connectivity index is 1.86. The summed E-state index contributed by atoms with van der Waals surface area (Å²) in [6, 6.07) is 11.0. The highest BCUT2D eigenvalue weighted by atomic mass is 79.9. The zero-order chi connectivity index (χ0) is 17.3. The minimum absolute atomic E-state index is 0.0782. The number of aromatic nitrogens is 2. The first-order chi connectivity index (χ1) is 11.5. The van der Waals surface area contributed by atoms with Crippen molar-refractivity contribution < 1.29 is 4.79 Å². The first-order valence-electron chi connectivity index (χ1n) is 7.46. The van der Waals surface area contributed by atoms with Crippen molar-refractivity contribution in [3.63, 3.8) is 0 Å². The first kappa shape index (κ1) is 16.4. The van der Waals surface area contributed by atoms with Gasteiger partial charge in [-0.2, -0.15) is 0 Å². The van der Waals surface area contributed by atoms with E-state index in [0.717, 1.165) is 21.3 Å². The summed E-state index contributed by atoms with van der Waals surface area (Å²) < 4.78 is 2.27. The quantitative estimate of drug-likeness (QED) is 0.751. The SMILES string of the molecule is Cc1cc(Br)ccc1NC(=O)Cn1cnc2c(C)cccc2c1=O. The van der Waals surface area contributed by atoms with E-state index in [1.807, 2.05) is 44.2 Å². The minimum atomic E-state index is -0.267. The predicted octanol–water partition coefficient (Wildman–Crippen LogP) is 3.41. The first-order valence-corrected chi connectivity index (χ1v) is 8.26. The molecule has 3 aromatic rings. The maximum atomic E-state index is 12.5. The molecule has 0 spiro atoms. The highest BCUT2D eigenvalue weighted by molar-refractivity contribution is 9.10. The van der Waals surface area contributed by atoms with E-state index in [2.05, 4.69) is 26.2 Å². The summed E-state index contributed by atoms with van der Waals surface area (Å²) in [6.07, 6.45) is 1.42. The van der Waals surface area contributed by atoms with Crippen molar-refractivity contribution in [3.8, 4) is 0 Å². The third-order valence-corrected chi connectivity index (χ3v) is 4.32. The topological polar surface area (TPSA) is 64.0 Å². The fourth-order valence-electron chi connectivity index (χ4n) is 2.56. The largest absolute Gasteiger partial charge is 0.324 e. The molecule has 0 aliphatic heterocycles. The molecule has 1 amide bonds. The van der Waals surface area contributed by atoms with Crippen LogP contribution in [0.25, 0.3) is 10.9 Å². The summed E-state index contributed by atoms with van der Waals surface area (Å²) in [7, 11) is 0. The van der Waals surface area contributed by atoms with E-state index in [1.54, 1.807) is 6.07 Å². The van der Waals surface area contributed by atoms with Crippen LogP contribution < -0.4 is 10.9 Å². The molecule has 0 radical (unpaired) electrons. The van der Waals surface area contributed by atoms with Crippen molar-refractivity contribution in [3.05, 3.63) is 68.7 Å². The number of rotatable bonds is 3. The van der Waals surface area contributed by atoms with E-state index >= 15 is 0 Å². The van der Waals surface area contributed by atoms with Crippen LogP contribution in [0.15, 0.2) is 52.0 Å². The van der Waals surface area contributed by atoms with Crippen molar-refractivity contribution in [2.75, 3.05) is 5.32 Å². The molecule has 1 aromatic heterocycles. The van der Waals surface area contributed by atoms with Crippen LogP contribution in [0.1, 0.15) is 11.1 Å². The van der Waals surface area contributed by atoms with Gasteiger partial charge in [0.2, 0.25) is 5.91 Å². The number of nitrogens with zero attached hydrogens (tertiary/aromatic N) is 2. The van der Waals surface area contributed by atoms with Crippen molar-refractivity contribution in [2.45, 2.75) is 20.4 Å². The van der Waals surface area contributed by atoms with Gasteiger partial charge in [0.15, 0.2) is 0 Å². The van der Waals surface area contributed by atoms with Gasteiger partial charge in [0.25, 0.3) is 5.56 Å². The normalized spacial score (nSPS) is 10.8. The van der Waals surface area contributed by atoms with E-state index < -0.39 is 0 Å². The van der Waals surface area contributed by atoms with E-state index in [1.165, 1.54) is 10.9 Å². The Hall–Kier alpha value is -2.47. The standard InChI is InChI=1S/C18H16BrN3O2/c1-11-4-3-5-14-17(11)20-10-22(18(14)24)9-16(23)21-15-7-6-13(19)8-12(15)2/h3-8,10H,9H2,1-2H3,(H,21,23). The number of nitrogens with one attached hydrogen (secondary N) is 1. The number of para-hydroxylation sites is 1. The number of benzene rings is 2. The summed E-state index contributed by atoms with van der Waals surface area (Å²) in [5.74, 6) is -0.267. The number of anilines is 1. The van der Waals surface area contributed by atoms with Crippen LogP contribution in [-0.2, 0) is 11.3 Å². The van der Waals surface area contributed by atoms with Crippen molar-refractivity contribution in [1.82, 2.24) is 9.55 Å². The average molecular weight is 386 g/mol. The Morgan fingerprint density at radius 1 is 1.21 bits per heavy atom. The van der Waals surface area contributed by atoms with Crippen LogP contribution >= 0.6 is 15.9 Å². The Bertz CT molecular complexity index is 995. The van der Waals surface area contributed by atoms with Gasteiger partial charge in [0.1, 0.15) is 6.54 Å². The number of carbonyl (C=O) groups is 1. The monoisotopic (exact) mass is 385 g/mol. The number of amides is 1. The number of carbonyl (C=O) groups excluding carboxylic acids is 1. The van der Waals surface area contributed by atoms with E-state index in [9.17, 15) is 9.59 Å². The Morgan fingerprint density at radius 3 is 2.75 bits per heavy atom. The lowest BCUT2D eigenvalue weighted by Crippen LogP contribution is -2.28. The molecule has 0 bridgehead atoms. The van der Waals surface area contributed by atoms with Gasteiger partial charge in [-0.15, -0.1) is 0 Å². The maximum absolute atomic E-state index is 12.5. The molecular formula is C18H16BrN3O2. The smallest absolute Gasteiger partial charge is 0.261 e. The summed E-state index contributed by atoms with van der Waals surface area (Å²) >= 11 is 3.39. The second-order valence-electron chi connectivity index (χ2n) is 5.66. The molecule has 0 fully saturated rings. The zero-order valence-electron chi connectivity index (χ0n) is 13.3. The highest BCUT2D eigenvalue weighted by Gasteiger charge is 2.10. The number of hydrogen-bond donors (Lipinski definition) is 1. The van der Waals surface area contributed by atoms with Crippen molar-refractivity contribution >= 4 is 38.4 Å². The van der Waals surface area contributed by atoms with E-state index in [-0.39, 0.29) is 18.0 Å². The number of hydrogen-bond acceptors (Lipinski definition) is 3. The molecule has 0 aliphatic rings. The van der Waals surface area contributed by atoms with Gasteiger partial charge < -0.3 is 5.32 Å². The third-order valence-electron chi connectivity index (χ3n) is 3.83. The Kier molecular flexibility index (Phi) is 4.49. The number of aryl methyl sites for hydroxylation is 2. The molecule has 3 rings (SSSR count). The summed E-state index contributed by atoms with van der Waals surface area (Å²) in [4.78, 5) is 29.1. The molecule has 5 nitrogen and oxygen atoms in total. The van der Waals surface area contributed by atoms with Gasteiger partial charge in [0.05, 0.1) is 17.2 Å². The van der Waals surface area contributed by atoms with Crippen molar-refractivity contribution in [2.24, 2.45) is 0 Å². The number of fused-ring (bicyclic) bond motifs is 1. The van der Waals surface area contributed by atoms with Gasteiger partial charge >= 0.3 is 0 Å². The lowest BCUT2D eigenvalue weighted by molar-refractivity contribution is -0.116. The molecule has 6 heteroatoms. The second-order valence-corrected chi connectivity index (χ2v) is 6.57. The summed E-state index contributed by atoms with van der Waals surface area (Å²) in [5, 5.41) is 3.34. The molecule has 1 N–H and O–H groups in total. The molecule has 0 saturated carbocycles. The lowest BCUT2D eigenvalue weighted by atomic mass is 10.1. The highest BCUT2D eigenvalue weighted by Crippen LogP contribution is 2.20. The molecule has 0 aliphatic carbocycles. The van der Waals surface area contributed by atoms with Gasteiger partial charge in [-0.05, 0) is 49.2 Å². The van der Waals surface area contributed by atoms with Gasteiger partial charge in [-0.3, -0.25) is 14.2 Å². The zero-order valence-corrected chi connectivity index (χ0v) is 14.9. The second kappa shape index (κ2) is 6.57. The Morgan fingerprint density at radius 2 is 2.00 bits per heavy atom. The van der Waals surface area contributed by atoms with E-state index in [0.29, 0.717) is 10.9 Å². The third kappa shape index (κ3) is 3.23. The molecule has 24 heavy (non-hydrogen) atoms. The van der Waals surface area contributed by atoms with Crippen LogP contribution in [0.3, 0.4) is 0 Å². The summed E-state index contributed by atoms with van der Waals surface area (Å²) in [6.45, 7) is 3.74. The average Bonchev–Trinajstić information content (AvgIpc) is 2.53. The molecule has 122 valence electrons. The predicted molar refractivity (Wildman–Crippen MR) is 98.2 cm³/mol. The molecule has 0 saturated heterocycles. The molecule has 2 aromatic carbocycles. The van der Waals surface area contributed by atoms with Crippen LogP contribution in [0, 0.1) is 13.8 Å². The van der Waals surface area contributed by atoms with Gasteiger partial charge in [-0.1, -0.05) is 28.1 Å². The fourth-order valence-corrected chi connectivity index (χ4v) is 3.04. The van der Waals surface area contributed by atoms with Crippen LogP contribution in [0.5, 0.6) is 0 Å². The lowest BCUT2D eigenvalue weighted by Gasteiger charge is -2.10. The molecule has 1 heterocycles. The molecular weight excluding hydrogens is 370 g/mol. The van der Waals surface area contributed by atoms with Crippen molar-refractivity contribution in [1.29, 1.82) is 0 Å². The van der Waals surface area contributed by atoms with Gasteiger partial charge in [-0.25, -0.2) is 4.98 Å². The summed E-state index contributed by atoms with van der Waals surface area (Å²) in [5.41, 5.74) is 3.05. The van der Waals surface area contributed by atoms with Crippen LogP contribution in [0.2, 0.25) is 0 Å². The maximum Gasteiger partial charge on any atom is 0.261 e. The fraction of sp³-hybridized carbons (Fsp3) is 0.167. The van der Waals surface area contributed by atoms with Gasteiger partial charge in [0, 0.05) is 10.2 Å². The van der Waals surface area contributed by atoms with Crippen LogP contribution in [0.4, 0.5) is 5.69 Å². The number of halogens is 1.